The molecule has 4 rings (SSSR count). The zero-order valence-corrected chi connectivity index (χ0v) is 19.5. The summed E-state index contributed by atoms with van der Waals surface area (Å²) in [7, 11) is 4.11. The van der Waals surface area contributed by atoms with Gasteiger partial charge in [0.15, 0.2) is 0 Å². The van der Waals surface area contributed by atoms with Crippen LogP contribution in [0.1, 0.15) is 55.7 Å². The summed E-state index contributed by atoms with van der Waals surface area (Å²) in [5.74, 6) is 1.35. The molecule has 0 bridgehead atoms. The predicted octanol–water partition coefficient (Wildman–Crippen LogP) is 4.39. The van der Waals surface area contributed by atoms with Crippen LogP contribution in [0.25, 0.3) is 0 Å². The summed E-state index contributed by atoms with van der Waals surface area (Å²) in [5, 5.41) is 0. The van der Waals surface area contributed by atoms with Crippen molar-refractivity contribution in [3.8, 4) is 0 Å². The van der Waals surface area contributed by atoms with E-state index in [2.05, 4.69) is 78.0 Å². The van der Waals surface area contributed by atoms with Gasteiger partial charge in [-0.25, -0.2) is 4.98 Å². The molecule has 0 N–H and O–H groups in total. The molecular formula is C26H36N4O. The van der Waals surface area contributed by atoms with Crippen LogP contribution in [-0.4, -0.2) is 52.9 Å². The van der Waals surface area contributed by atoms with E-state index in [-0.39, 0.29) is 5.54 Å². The number of aromatic nitrogens is 1. The molecule has 0 aliphatic carbocycles. The van der Waals surface area contributed by atoms with E-state index in [1.54, 1.807) is 0 Å². The largest absolute Gasteiger partial charge is 0.362 e. The Hall–Kier alpha value is -2.40. The lowest BCUT2D eigenvalue weighted by atomic mass is 9.84. The molecule has 3 heterocycles. The SMILES string of the molecule is Cc1ccccc1CN1C(=O)CCCC[C@H]2N(Cc3cccnc3N(C)C)CC[C@]21C. The average Bonchev–Trinajstić information content (AvgIpc) is 3.05. The lowest BCUT2D eigenvalue weighted by Crippen LogP contribution is -2.57. The molecule has 2 aliphatic heterocycles. The first-order valence-electron chi connectivity index (χ1n) is 11.6. The van der Waals surface area contributed by atoms with Crippen LogP contribution < -0.4 is 4.90 Å². The fourth-order valence-electron chi connectivity index (χ4n) is 5.52. The minimum Gasteiger partial charge on any atom is -0.362 e. The number of amides is 1. The van der Waals surface area contributed by atoms with Crippen molar-refractivity contribution in [3.63, 3.8) is 0 Å². The van der Waals surface area contributed by atoms with Crippen molar-refractivity contribution in [2.24, 2.45) is 0 Å². The van der Waals surface area contributed by atoms with Gasteiger partial charge in [-0.2, -0.15) is 0 Å². The third-order valence-corrected chi connectivity index (χ3v) is 7.35. The van der Waals surface area contributed by atoms with E-state index in [0.717, 1.165) is 44.6 Å². The van der Waals surface area contributed by atoms with Crippen molar-refractivity contribution < 1.29 is 4.79 Å². The number of hydrogen-bond donors (Lipinski definition) is 0. The maximum Gasteiger partial charge on any atom is 0.223 e. The number of carbonyl (C=O) groups excluding carboxylic acids is 1. The number of likely N-dealkylation sites (tertiary alicyclic amines) is 2. The minimum absolute atomic E-state index is 0.139. The highest BCUT2D eigenvalue weighted by Gasteiger charge is 2.49. The summed E-state index contributed by atoms with van der Waals surface area (Å²) in [6.07, 6.45) is 6.80. The van der Waals surface area contributed by atoms with Gasteiger partial charge in [0, 0.05) is 58.0 Å². The Morgan fingerprint density at radius 2 is 1.87 bits per heavy atom. The van der Waals surface area contributed by atoms with Crippen LogP contribution in [0.5, 0.6) is 0 Å². The molecule has 5 nitrogen and oxygen atoms in total. The van der Waals surface area contributed by atoms with Crippen molar-refractivity contribution in [2.75, 3.05) is 25.5 Å². The van der Waals surface area contributed by atoms with E-state index >= 15 is 0 Å². The van der Waals surface area contributed by atoms with Crippen molar-refractivity contribution in [1.29, 1.82) is 0 Å². The first-order valence-corrected chi connectivity index (χ1v) is 11.6. The van der Waals surface area contributed by atoms with Gasteiger partial charge in [-0.05, 0) is 50.3 Å². The summed E-state index contributed by atoms with van der Waals surface area (Å²) >= 11 is 0. The summed E-state index contributed by atoms with van der Waals surface area (Å²) in [4.78, 5) is 24.8. The number of nitrogens with zero attached hydrogens (tertiary/aromatic N) is 4. The average molecular weight is 421 g/mol. The Morgan fingerprint density at radius 3 is 2.65 bits per heavy atom. The molecule has 1 amide bonds. The molecule has 2 aliphatic rings. The smallest absolute Gasteiger partial charge is 0.223 e. The monoisotopic (exact) mass is 420 g/mol. The quantitative estimate of drug-likeness (QED) is 0.719. The van der Waals surface area contributed by atoms with Crippen LogP contribution in [-0.2, 0) is 17.9 Å². The lowest BCUT2D eigenvalue weighted by Gasteiger charge is -2.46. The Kier molecular flexibility index (Phi) is 6.33. The van der Waals surface area contributed by atoms with Crippen LogP contribution in [0.3, 0.4) is 0 Å². The molecule has 0 spiro atoms. The van der Waals surface area contributed by atoms with Gasteiger partial charge in [0.05, 0.1) is 5.54 Å². The second-order valence-corrected chi connectivity index (χ2v) is 9.63. The standard InChI is InChI=1S/C26H36N4O/c1-20-10-5-6-11-21(20)19-30-24(31)14-8-7-13-23-26(30,2)15-17-29(23)18-22-12-9-16-27-25(22)28(3)4/h5-6,9-12,16,23H,7-8,13-15,17-19H2,1-4H3/t23-,26-/m1/s1. The fraction of sp³-hybridized carbons (Fsp3) is 0.538. The van der Waals surface area contributed by atoms with Crippen LogP contribution in [0.4, 0.5) is 5.82 Å². The van der Waals surface area contributed by atoms with Gasteiger partial charge in [-0.3, -0.25) is 9.69 Å². The zero-order valence-electron chi connectivity index (χ0n) is 19.5. The number of pyridine rings is 1. The third kappa shape index (κ3) is 4.33. The highest BCUT2D eigenvalue weighted by molar-refractivity contribution is 5.77. The normalized spacial score (nSPS) is 24.6. The van der Waals surface area contributed by atoms with Crippen LogP contribution in [0, 0.1) is 6.92 Å². The molecular weight excluding hydrogens is 384 g/mol. The van der Waals surface area contributed by atoms with Gasteiger partial charge in [-0.1, -0.05) is 36.8 Å². The van der Waals surface area contributed by atoms with Crippen LogP contribution >= 0.6 is 0 Å². The predicted molar refractivity (Wildman–Crippen MR) is 126 cm³/mol. The van der Waals surface area contributed by atoms with E-state index in [9.17, 15) is 4.79 Å². The summed E-state index contributed by atoms with van der Waals surface area (Å²) in [5.41, 5.74) is 3.64. The molecule has 2 atom stereocenters. The second-order valence-electron chi connectivity index (χ2n) is 9.63. The number of fused-ring (bicyclic) bond motifs is 1. The van der Waals surface area contributed by atoms with Gasteiger partial charge < -0.3 is 9.80 Å². The van der Waals surface area contributed by atoms with E-state index in [4.69, 9.17) is 0 Å². The zero-order chi connectivity index (χ0) is 22.0. The minimum atomic E-state index is -0.139. The van der Waals surface area contributed by atoms with E-state index in [1.807, 2.05) is 12.3 Å². The Balaban J connectivity index is 1.63. The molecule has 2 aromatic rings. The molecule has 1 aromatic carbocycles. The number of rotatable bonds is 5. The molecule has 0 radical (unpaired) electrons. The first-order chi connectivity index (χ1) is 14.9. The summed E-state index contributed by atoms with van der Waals surface area (Å²) in [6.45, 7) is 7.09. The van der Waals surface area contributed by atoms with Crippen LogP contribution in [0.15, 0.2) is 42.6 Å². The van der Waals surface area contributed by atoms with Crippen molar-refractivity contribution >= 4 is 11.7 Å². The molecule has 1 aromatic heterocycles. The second kappa shape index (κ2) is 8.99. The summed E-state index contributed by atoms with van der Waals surface area (Å²) in [6, 6.07) is 13.1. The Morgan fingerprint density at radius 1 is 1.10 bits per heavy atom. The first kappa shape index (κ1) is 21.8. The molecule has 5 heteroatoms. The number of benzene rings is 1. The molecule has 0 saturated carbocycles. The number of anilines is 1. The van der Waals surface area contributed by atoms with E-state index in [0.29, 0.717) is 24.9 Å². The number of aryl methyl sites for hydroxylation is 1. The van der Waals surface area contributed by atoms with Gasteiger partial charge >= 0.3 is 0 Å². The highest BCUT2D eigenvalue weighted by Crippen LogP contribution is 2.41. The summed E-state index contributed by atoms with van der Waals surface area (Å²) < 4.78 is 0. The van der Waals surface area contributed by atoms with Gasteiger partial charge in [0.2, 0.25) is 5.91 Å². The maximum atomic E-state index is 13.3. The fourth-order valence-corrected chi connectivity index (χ4v) is 5.52. The molecule has 0 unspecified atom stereocenters. The van der Waals surface area contributed by atoms with Crippen molar-refractivity contribution in [2.45, 2.75) is 70.6 Å². The molecule has 2 saturated heterocycles. The molecule has 166 valence electrons. The lowest BCUT2D eigenvalue weighted by molar-refractivity contribution is -0.140. The van der Waals surface area contributed by atoms with E-state index in [1.165, 1.54) is 16.7 Å². The van der Waals surface area contributed by atoms with Crippen molar-refractivity contribution in [3.05, 3.63) is 59.3 Å². The van der Waals surface area contributed by atoms with Gasteiger partial charge in [0.1, 0.15) is 5.82 Å². The molecule has 2 fully saturated rings. The topological polar surface area (TPSA) is 39.7 Å². The van der Waals surface area contributed by atoms with Gasteiger partial charge in [0.25, 0.3) is 0 Å². The Bertz CT molecular complexity index is 927. The highest BCUT2D eigenvalue weighted by atomic mass is 16.2. The number of hydrogen-bond acceptors (Lipinski definition) is 4. The van der Waals surface area contributed by atoms with Gasteiger partial charge in [-0.15, -0.1) is 0 Å². The maximum absolute atomic E-state index is 13.3. The molecule has 31 heavy (non-hydrogen) atoms. The van der Waals surface area contributed by atoms with Crippen molar-refractivity contribution in [1.82, 2.24) is 14.8 Å². The third-order valence-electron chi connectivity index (χ3n) is 7.35. The van der Waals surface area contributed by atoms with E-state index < -0.39 is 0 Å². The number of carbonyl (C=O) groups is 1. The van der Waals surface area contributed by atoms with Crippen LogP contribution in [0.2, 0.25) is 0 Å². The Labute approximate surface area is 187 Å².